The van der Waals surface area contributed by atoms with Gasteiger partial charge in [0.2, 0.25) is 5.91 Å². The van der Waals surface area contributed by atoms with Crippen molar-refractivity contribution in [3.63, 3.8) is 0 Å². The molecule has 1 N–H and O–H groups in total. The van der Waals surface area contributed by atoms with E-state index in [2.05, 4.69) is 37.9 Å². The van der Waals surface area contributed by atoms with Gasteiger partial charge in [0.1, 0.15) is 5.82 Å². The Morgan fingerprint density at radius 2 is 1.96 bits per heavy atom. The predicted molar refractivity (Wildman–Crippen MR) is 96.3 cm³/mol. The lowest BCUT2D eigenvalue weighted by Crippen LogP contribution is -2.56. The highest BCUT2D eigenvalue weighted by atomic mass is 19.1. The maximum absolute atomic E-state index is 13.2. The Morgan fingerprint density at radius 1 is 1.29 bits per heavy atom. The Labute approximate surface area is 145 Å². The van der Waals surface area contributed by atoms with Crippen molar-refractivity contribution in [1.29, 1.82) is 0 Å². The molecule has 1 aromatic rings. The first-order valence-corrected chi connectivity index (χ1v) is 9.02. The second kappa shape index (κ2) is 8.11. The normalized spacial score (nSPS) is 22.4. The molecular weight excluding hydrogens is 303 g/mol. The Morgan fingerprint density at radius 3 is 2.58 bits per heavy atom. The molecule has 0 aromatic heterocycles. The summed E-state index contributed by atoms with van der Waals surface area (Å²) in [6, 6.07) is 6.46. The van der Waals surface area contributed by atoms with Gasteiger partial charge in [-0.05, 0) is 56.2 Å². The average Bonchev–Trinajstić information content (AvgIpc) is 2.50. The van der Waals surface area contributed by atoms with Crippen molar-refractivity contribution in [1.82, 2.24) is 10.2 Å². The average molecular weight is 334 g/mol. The summed E-state index contributed by atoms with van der Waals surface area (Å²) in [7, 11) is 0. The molecular formula is C20H31FN2O. The first kappa shape index (κ1) is 18.9. The van der Waals surface area contributed by atoms with E-state index in [-0.39, 0.29) is 17.3 Å². The zero-order valence-electron chi connectivity index (χ0n) is 15.4. The molecule has 4 heteroatoms. The minimum atomic E-state index is -0.248. The number of hydrogen-bond donors (Lipinski definition) is 1. The number of halogens is 1. The fourth-order valence-corrected chi connectivity index (χ4v) is 3.62. The summed E-state index contributed by atoms with van der Waals surface area (Å²) in [6.45, 7) is 11.8. The molecule has 3 nitrogen and oxygen atoms in total. The summed E-state index contributed by atoms with van der Waals surface area (Å²) in [5.41, 5.74) is 0.820. The number of piperidine rings is 1. The van der Waals surface area contributed by atoms with Crippen molar-refractivity contribution in [2.75, 3.05) is 19.6 Å². The molecule has 1 aliphatic rings. The van der Waals surface area contributed by atoms with Crippen LogP contribution in [0, 0.1) is 17.7 Å². The molecule has 0 saturated carbocycles. The molecule has 1 aromatic carbocycles. The Hall–Kier alpha value is -1.42. The van der Waals surface area contributed by atoms with Crippen LogP contribution in [-0.2, 0) is 11.2 Å². The Bertz CT molecular complexity index is 548. The molecule has 2 unspecified atom stereocenters. The third-order valence-corrected chi connectivity index (χ3v) is 4.97. The number of aryl methyl sites for hydroxylation is 1. The van der Waals surface area contributed by atoms with Gasteiger partial charge in [-0.1, -0.05) is 26.0 Å². The van der Waals surface area contributed by atoms with Crippen LogP contribution in [0.5, 0.6) is 0 Å². The fourth-order valence-electron chi connectivity index (χ4n) is 3.62. The molecule has 1 amide bonds. The lowest BCUT2D eigenvalue weighted by atomic mass is 9.88. The monoisotopic (exact) mass is 334 g/mol. The van der Waals surface area contributed by atoms with Crippen LogP contribution in [0.3, 0.4) is 0 Å². The smallest absolute Gasteiger partial charge is 0.220 e. The maximum Gasteiger partial charge on any atom is 0.220 e. The summed E-state index contributed by atoms with van der Waals surface area (Å²) >= 11 is 0. The number of hydrogen-bond acceptors (Lipinski definition) is 2. The van der Waals surface area contributed by atoms with Crippen molar-refractivity contribution in [3.8, 4) is 0 Å². The lowest BCUT2D eigenvalue weighted by molar-refractivity contribution is -0.121. The third-order valence-electron chi connectivity index (χ3n) is 4.97. The van der Waals surface area contributed by atoms with Crippen molar-refractivity contribution < 1.29 is 9.18 Å². The molecule has 0 radical (unpaired) electrons. The van der Waals surface area contributed by atoms with Gasteiger partial charge < -0.3 is 5.32 Å². The van der Waals surface area contributed by atoms with E-state index >= 15 is 0 Å². The van der Waals surface area contributed by atoms with E-state index in [0.717, 1.165) is 18.7 Å². The van der Waals surface area contributed by atoms with Gasteiger partial charge in [0.05, 0.1) is 0 Å². The van der Waals surface area contributed by atoms with Crippen molar-refractivity contribution in [2.24, 2.45) is 11.8 Å². The van der Waals surface area contributed by atoms with Crippen LogP contribution in [-0.4, -0.2) is 36.0 Å². The van der Waals surface area contributed by atoms with Gasteiger partial charge in [-0.3, -0.25) is 9.69 Å². The van der Waals surface area contributed by atoms with Crippen LogP contribution in [0.25, 0.3) is 0 Å². The molecule has 2 rings (SSSR count). The highest BCUT2D eigenvalue weighted by molar-refractivity contribution is 5.76. The van der Waals surface area contributed by atoms with Crippen LogP contribution in [0.15, 0.2) is 24.3 Å². The minimum absolute atomic E-state index is 0.0328. The molecule has 0 aliphatic carbocycles. The molecule has 0 bridgehead atoms. The first-order valence-electron chi connectivity index (χ1n) is 9.02. The van der Waals surface area contributed by atoms with Gasteiger partial charge in [0.15, 0.2) is 0 Å². The third kappa shape index (κ3) is 5.59. The predicted octanol–water partition coefficient (Wildman–Crippen LogP) is 3.63. The number of carbonyl (C=O) groups is 1. The van der Waals surface area contributed by atoms with Gasteiger partial charge in [0.25, 0.3) is 0 Å². The summed E-state index contributed by atoms with van der Waals surface area (Å²) in [4.78, 5) is 14.6. The highest BCUT2D eigenvalue weighted by Gasteiger charge is 2.32. The number of amides is 1. The maximum atomic E-state index is 13.2. The van der Waals surface area contributed by atoms with Crippen molar-refractivity contribution in [2.45, 2.75) is 52.5 Å². The summed E-state index contributed by atoms with van der Waals surface area (Å²) in [5.74, 6) is 1.20. The molecule has 24 heavy (non-hydrogen) atoms. The van der Waals surface area contributed by atoms with E-state index < -0.39 is 0 Å². The topological polar surface area (TPSA) is 32.3 Å². The van der Waals surface area contributed by atoms with E-state index in [9.17, 15) is 9.18 Å². The van der Waals surface area contributed by atoms with Gasteiger partial charge in [-0.2, -0.15) is 0 Å². The zero-order chi connectivity index (χ0) is 17.7. The second-order valence-corrected chi connectivity index (χ2v) is 8.07. The van der Waals surface area contributed by atoms with E-state index in [0.29, 0.717) is 31.2 Å². The van der Waals surface area contributed by atoms with Gasteiger partial charge in [-0.15, -0.1) is 0 Å². The van der Waals surface area contributed by atoms with Gasteiger partial charge in [-0.25, -0.2) is 4.39 Å². The van der Waals surface area contributed by atoms with Crippen LogP contribution < -0.4 is 5.32 Å². The quantitative estimate of drug-likeness (QED) is 0.861. The summed E-state index contributed by atoms with van der Waals surface area (Å²) < 4.78 is 13.2. The highest BCUT2D eigenvalue weighted by Crippen LogP contribution is 2.26. The summed E-state index contributed by atoms with van der Waals surface area (Å²) in [6.07, 6.45) is 2.25. The molecule has 2 atom stereocenters. The molecule has 1 fully saturated rings. The van der Waals surface area contributed by atoms with Crippen LogP contribution >= 0.6 is 0 Å². The standard InChI is InChI=1S/C20H31FN2O/c1-15-10-16(2)13-23(12-15)20(3,4)14-22-19(24)9-8-17-6-5-7-18(21)11-17/h5-7,11,15-16H,8-10,12-14H2,1-4H3,(H,22,24). The minimum Gasteiger partial charge on any atom is -0.354 e. The molecule has 1 aliphatic heterocycles. The second-order valence-electron chi connectivity index (χ2n) is 8.07. The summed E-state index contributed by atoms with van der Waals surface area (Å²) in [5, 5.41) is 3.06. The molecule has 1 saturated heterocycles. The number of benzene rings is 1. The van der Waals surface area contributed by atoms with E-state index in [1.54, 1.807) is 6.07 Å². The zero-order valence-corrected chi connectivity index (χ0v) is 15.4. The van der Waals surface area contributed by atoms with Crippen LogP contribution in [0.4, 0.5) is 4.39 Å². The van der Waals surface area contributed by atoms with Crippen molar-refractivity contribution >= 4 is 5.91 Å². The molecule has 1 heterocycles. The first-order chi connectivity index (χ1) is 11.3. The number of likely N-dealkylation sites (tertiary alicyclic amines) is 1. The Balaban J connectivity index is 1.79. The van der Waals surface area contributed by atoms with Crippen LogP contribution in [0.2, 0.25) is 0 Å². The van der Waals surface area contributed by atoms with Crippen LogP contribution in [0.1, 0.15) is 46.1 Å². The van der Waals surface area contributed by atoms with E-state index in [4.69, 9.17) is 0 Å². The Kier molecular flexibility index (Phi) is 6.39. The van der Waals surface area contributed by atoms with Crippen molar-refractivity contribution in [3.05, 3.63) is 35.6 Å². The fraction of sp³-hybridized carbons (Fsp3) is 0.650. The lowest BCUT2D eigenvalue weighted by Gasteiger charge is -2.45. The number of carbonyl (C=O) groups excluding carboxylic acids is 1. The van der Waals surface area contributed by atoms with Gasteiger partial charge in [0, 0.05) is 31.6 Å². The van der Waals surface area contributed by atoms with E-state index in [1.807, 2.05) is 6.07 Å². The largest absolute Gasteiger partial charge is 0.354 e. The SMILES string of the molecule is CC1CC(C)CN(C(C)(C)CNC(=O)CCc2cccc(F)c2)C1. The van der Waals surface area contributed by atoms with E-state index in [1.165, 1.54) is 18.6 Å². The number of nitrogens with one attached hydrogen (secondary N) is 1. The molecule has 134 valence electrons. The van der Waals surface area contributed by atoms with Gasteiger partial charge >= 0.3 is 0 Å². The number of rotatable bonds is 6. The molecule has 0 spiro atoms. The number of nitrogens with zero attached hydrogens (tertiary/aromatic N) is 1.